The summed E-state index contributed by atoms with van der Waals surface area (Å²) in [6, 6.07) is 0. The van der Waals surface area contributed by atoms with Crippen molar-refractivity contribution in [3.05, 3.63) is 0 Å². The van der Waals surface area contributed by atoms with Crippen molar-refractivity contribution in [2.45, 2.75) is 45.4 Å². The fourth-order valence-corrected chi connectivity index (χ4v) is 4.75. The van der Waals surface area contributed by atoms with E-state index in [1.165, 1.54) is 71.2 Å². The van der Waals surface area contributed by atoms with Crippen molar-refractivity contribution in [3.8, 4) is 0 Å². The van der Waals surface area contributed by atoms with E-state index in [9.17, 15) is 0 Å². The van der Waals surface area contributed by atoms with Crippen molar-refractivity contribution in [3.63, 3.8) is 0 Å². The minimum atomic E-state index is 0. The predicted molar refractivity (Wildman–Crippen MR) is 109 cm³/mol. The molecule has 3 aliphatic rings. The van der Waals surface area contributed by atoms with E-state index in [2.05, 4.69) is 27.0 Å². The van der Waals surface area contributed by atoms with Crippen molar-refractivity contribution in [1.29, 1.82) is 0 Å². The topological polar surface area (TPSA) is 30.9 Å². The number of likely N-dealkylation sites (tertiary alicyclic amines) is 2. The number of guanidine groups is 1. The number of hydrogen-bond acceptors (Lipinski definition) is 2. The van der Waals surface area contributed by atoms with Crippen LogP contribution in [0, 0.1) is 17.8 Å². The predicted octanol–water partition coefficient (Wildman–Crippen LogP) is 3.03. The Morgan fingerprint density at radius 2 is 1.78 bits per heavy atom. The van der Waals surface area contributed by atoms with Crippen molar-refractivity contribution in [2.75, 3.05) is 46.3 Å². The van der Waals surface area contributed by atoms with Crippen molar-refractivity contribution in [2.24, 2.45) is 22.7 Å². The first-order valence-electron chi connectivity index (χ1n) is 9.48. The van der Waals surface area contributed by atoms with Crippen LogP contribution in [0.2, 0.25) is 0 Å². The number of hydrogen-bond donors (Lipinski definition) is 1. The molecule has 0 spiro atoms. The summed E-state index contributed by atoms with van der Waals surface area (Å²) in [6.07, 6.45) is 8.37. The summed E-state index contributed by atoms with van der Waals surface area (Å²) in [6.45, 7) is 9.66. The largest absolute Gasteiger partial charge is 0.356 e. The average molecular weight is 434 g/mol. The van der Waals surface area contributed by atoms with Crippen LogP contribution in [0.5, 0.6) is 0 Å². The highest BCUT2D eigenvalue weighted by Crippen LogP contribution is 2.35. The number of nitrogens with zero attached hydrogens (tertiary/aromatic N) is 3. The summed E-state index contributed by atoms with van der Waals surface area (Å²) in [5.41, 5.74) is 0. The molecule has 3 unspecified atom stereocenters. The van der Waals surface area contributed by atoms with Gasteiger partial charge in [-0.1, -0.05) is 19.8 Å². The Kier molecular flexibility index (Phi) is 7.92. The Hall–Kier alpha value is -0.0400. The van der Waals surface area contributed by atoms with E-state index in [0.717, 1.165) is 30.3 Å². The van der Waals surface area contributed by atoms with Crippen LogP contribution in [0.3, 0.4) is 0 Å². The fourth-order valence-electron chi connectivity index (χ4n) is 4.75. The van der Waals surface area contributed by atoms with Crippen LogP contribution in [-0.4, -0.2) is 62.1 Å². The van der Waals surface area contributed by atoms with E-state index in [-0.39, 0.29) is 24.0 Å². The van der Waals surface area contributed by atoms with E-state index in [0.29, 0.717) is 0 Å². The highest BCUT2D eigenvalue weighted by molar-refractivity contribution is 14.0. The maximum Gasteiger partial charge on any atom is 0.193 e. The van der Waals surface area contributed by atoms with E-state index in [1.807, 2.05) is 7.05 Å². The van der Waals surface area contributed by atoms with Gasteiger partial charge in [0.2, 0.25) is 0 Å². The van der Waals surface area contributed by atoms with E-state index >= 15 is 0 Å². The lowest BCUT2D eigenvalue weighted by Crippen LogP contribution is -2.42. The summed E-state index contributed by atoms with van der Waals surface area (Å²) in [7, 11) is 1.95. The lowest BCUT2D eigenvalue weighted by atomic mass is 9.82. The van der Waals surface area contributed by atoms with E-state index < -0.39 is 0 Å². The highest BCUT2D eigenvalue weighted by Gasteiger charge is 2.35. The standard InChI is InChI=1S/C18H34N4.HI/c1-3-9-21-10-8-15(12-21)11-20-18(19-2)22-13-16-6-4-5-7-17(16)14-22;/h15-17H,3-14H2,1-2H3,(H,19,20);1H. The van der Waals surface area contributed by atoms with Crippen molar-refractivity contribution < 1.29 is 0 Å². The van der Waals surface area contributed by atoms with E-state index in [4.69, 9.17) is 0 Å². The van der Waals surface area contributed by atoms with Gasteiger partial charge in [-0.2, -0.15) is 0 Å². The molecular weight excluding hydrogens is 399 g/mol. The lowest BCUT2D eigenvalue weighted by molar-refractivity contribution is 0.299. The third-order valence-corrected chi connectivity index (χ3v) is 5.95. The molecule has 4 nitrogen and oxygen atoms in total. The first kappa shape index (κ1) is 19.3. The molecule has 0 aromatic carbocycles. The molecule has 0 radical (unpaired) electrons. The molecular formula is C18H35IN4. The van der Waals surface area contributed by atoms with E-state index in [1.54, 1.807) is 0 Å². The van der Waals surface area contributed by atoms with Crippen molar-refractivity contribution >= 4 is 29.9 Å². The highest BCUT2D eigenvalue weighted by atomic mass is 127. The molecule has 134 valence electrons. The molecule has 5 heteroatoms. The third-order valence-electron chi connectivity index (χ3n) is 5.95. The molecule has 2 saturated heterocycles. The van der Waals surface area contributed by atoms with Crippen LogP contribution in [0.15, 0.2) is 4.99 Å². The second kappa shape index (κ2) is 9.44. The van der Waals surface area contributed by atoms with Crippen molar-refractivity contribution in [1.82, 2.24) is 15.1 Å². The second-order valence-electron chi connectivity index (χ2n) is 7.59. The number of halogens is 1. The summed E-state index contributed by atoms with van der Waals surface area (Å²) in [5.74, 6) is 3.81. The molecule has 3 atom stereocenters. The summed E-state index contributed by atoms with van der Waals surface area (Å²) in [4.78, 5) is 9.70. The number of fused-ring (bicyclic) bond motifs is 1. The van der Waals surface area contributed by atoms with Crippen LogP contribution < -0.4 is 5.32 Å². The second-order valence-corrected chi connectivity index (χ2v) is 7.59. The van der Waals surface area contributed by atoms with Gasteiger partial charge in [0.05, 0.1) is 0 Å². The number of aliphatic imine (C=N–C) groups is 1. The Bertz CT molecular complexity index is 373. The fraction of sp³-hybridized carbons (Fsp3) is 0.944. The number of rotatable bonds is 4. The van der Waals surface area contributed by atoms with Gasteiger partial charge < -0.3 is 15.1 Å². The smallest absolute Gasteiger partial charge is 0.193 e. The zero-order valence-corrected chi connectivity index (χ0v) is 17.3. The van der Waals surface area contributed by atoms with Gasteiger partial charge in [-0.25, -0.2) is 0 Å². The van der Waals surface area contributed by atoms with Crippen LogP contribution in [0.25, 0.3) is 0 Å². The minimum Gasteiger partial charge on any atom is -0.356 e. The Morgan fingerprint density at radius 1 is 1.09 bits per heavy atom. The molecule has 1 aliphatic carbocycles. The first-order valence-corrected chi connectivity index (χ1v) is 9.48. The lowest BCUT2D eigenvalue weighted by Gasteiger charge is -2.23. The monoisotopic (exact) mass is 434 g/mol. The molecule has 0 bridgehead atoms. The maximum atomic E-state index is 4.56. The molecule has 0 aromatic heterocycles. The zero-order chi connectivity index (χ0) is 15.4. The quantitative estimate of drug-likeness (QED) is 0.419. The molecule has 2 aliphatic heterocycles. The van der Waals surface area contributed by atoms with Gasteiger partial charge in [-0.15, -0.1) is 24.0 Å². The summed E-state index contributed by atoms with van der Waals surface area (Å²) >= 11 is 0. The molecule has 1 N–H and O–H groups in total. The van der Waals surface area contributed by atoms with Gasteiger partial charge in [0.15, 0.2) is 5.96 Å². The minimum absolute atomic E-state index is 0. The van der Waals surface area contributed by atoms with Gasteiger partial charge in [0.25, 0.3) is 0 Å². The first-order chi connectivity index (χ1) is 10.8. The normalized spacial score (nSPS) is 31.8. The Labute approximate surface area is 159 Å². The van der Waals surface area contributed by atoms with Crippen LogP contribution >= 0.6 is 24.0 Å². The molecule has 0 amide bonds. The van der Waals surface area contributed by atoms with Gasteiger partial charge in [-0.05, 0) is 56.5 Å². The summed E-state index contributed by atoms with van der Waals surface area (Å²) in [5, 5.41) is 3.67. The molecule has 3 fully saturated rings. The zero-order valence-electron chi connectivity index (χ0n) is 15.0. The summed E-state index contributed by atoms with van der Waals surface area (Å²) < 4.78 is 0. The molecule has 23 heavy (non-hydrogen) atoms. The van der Waals surface area contributed by atoms with Gasteiger partial charge >= 0.3 is 0 Å². The number of nitrogens with one attached hydrogen (secondary N) is 1. The van der Waals surface area contributed by atoms with Crippen LogP contribution in [-0.2, 0) is 0 Å². The molecule has 1 saturated carbocycles. The SMILES string of the molecule is CCCN1CCC(CNC(=NC)N2CC3CCCCC3C2)C1.I. The Morgan fingerprint density at radius 3 is 2.39 bits per heavy atom. The molecule has 2 heterocycles. The third kappa shape index (κ3) is 4.97. The Balaban J connectivity index is 0.00000192. The molecule has 0 aromatic rings. The van der Waals surface area contributed by atoms with Crippen LogP contribution in [0.1, 0.15) is 45.4 Å². The van der Waals surface area contributed by atoms with Gasteiger partial charge in [0.1, 0.15) is 0 Å². The maximum absolute atomic E-state index is 4.56. The van der Waals surface area contributed by atoms with Gasteiger partial charge in [-0.3, -0.25) is 4.99 Å². The van der Waals surface area contributed by atoms with Crippen LogP contribution in [0.4, 0.5) is 0 Å². The van der Waals surface area contributed by atoms with Gasteiger partial charge in [0, 0.05) is 33.2 Å². The molecule has 3 rings (SSSR count). The average Bonchev–Trinajstić information content (AvgIpc) is 3.15.